The predicted octanol–water partition coefficient (Wildman–Crippen LogP) is 0.696. The molecule has 0 aliphatic rings. The molecule has 0 atom stereocenters. The average Bonchev–Trinajstić information content (AvgIpc) is 2.57. The Morgan fingerprint density at radius 2 is 2.20 bits per heavy atom. The average molecular weight is 207 g/mol. The molecule has 0 amide bonds. The highest BCUT2D eigenvalue weighted by molar-refractivity contribution is 5.66. The third kappa shape index (κ3) is 2.20. The second kappa shape index (κ2) is 3.45. The molecular weight excluding hydrogens is 194 g/mol. The second-order valence-electron chi connectivity index (χ2n) is 4.53. The second-order valence-corrected chi connectivity index (χ2v) is 4.53. The van der Waals surface area contributed by atoms with Crippen LogP contribution in [0.4, 0.5) is 0 Å². The normalized spacial score (nSPS) is 11.9. The van der Waals surface area contributed by atoms with Crippen molar-refractivity contribution < 1.29 is 4.84 Å². The molecule has 2 aromatic heterocycles. The van der Waals surface area contributed by atoms with Gasteiger partial charge in [0, 0.05) is 0 Å². The first-order chi connectivity index (χ1) is 7.06. The van der Waals surface area contributed by atoms with E-state index in [4.69, 9.17) is 4.84 Å². The van der Waals surface area contributed by atoms with Crippen molar-refractivity contribution >= 4 is 11.2 Å². The van der Waals surface area contributed by atoms with Gasteiger partial charge in [0.1, 0.15) is 12.9 Å². The third-order valence-electron chi connectivity index (χ3n) is 1.71. The van der Waals surface area contributed by atoms with E-state index < -0.39 is 0 Å². The van der Waals surface area contributed by atoms with E-state index in [2.05, 4.69) is 41.1 Å². The summed E-state index contributed by atoms with van der Waals surface area (Å²) in [5, 5.41) is 7.72. The summed E-state index contributed by atoms with van der Waals surface area (Å²) in [6, 6.07) is 0. The lowest BCUT2D eigenvalue weighted by Gasteiger charge is -2.17. The summed E-state index contributed by atoms with van der Waals surface area (Å²) in [6.07, 6.45) is 3.05. The van der Waals surface area contributed by atoms with Crippen molar-refractivity contribution in [2.45, 2.75) is 20.8 Å². The van der Waals surface area contributed by atoms with Gasteiger partial charge in [-0.3, -0.25) is 0 Å². The molecule has 6 nitrogen and oxygen atoms in total. The van der Waals surface area contributed by atoms with Crippen LogP contribution < -0.4 is 4.84 Å². The minimum atomic E-state index is 0.0747. The van der Waals surface area contributed by atoms with Crippen LogP contribution in [0.1, 0.15) is 20.8 Å². The lowest BCUT2D eigenvalue weighted by Crippen LogP contribution is -2.24. The van der Waals surface area contributed by atoms with Crippen molar-refractivity contribution in [2.75, 3.05) is 6.61 Å². The van der Waals surface area contributed by atoms with Crippen molar-refractivity contribution in [1.82, 2.24) is 25.1 Å². The van der Waals surface area contributed by atoms with E-state index in [1.165, 1.54) is 11.2 Å². The lowest BCUT2D eigenvalue weighted by atomic mass is 9.99. The number of hydrogen-bond donors (Lipinski definition) is 0. The van der Waals surface area contributed by atoms with E-state index in [1.807, 2.05) is 0 Å². The van der Waals surface area contributed by atoms with E-state index >= 15 is 0 Å². The summed E-state index contributed by atoms with van der Waals surface area (Å²) in [6.45, 7) is 6.80. The molecule has 15 heavy (non-hydrogen) atoms. The maximum Gasteiger partial charge on any atom is 0.222 e. The molecule has 0 radical (unpaired) electrons. The SMILES string of the molecule is CC(C)(C)COn1nnc2cncnc21. The van der Waals surface area contributed by atoms with Crippen LogP contribution in [0.5, 0.6) is 0 Å². The van der Waals surface area contributed by atoms with Gasteiger partial charge >= 0.3 is 0 Å². The molecule has 0 aliphatic heterocycles. The molecule has 0 fully saturated rings. The van der Waals surface area contributed by atoms with Crippen molar-refractivity contribution in [3.8, 4) is 0 Å². The Morgan fingerprint density at radius 3 is 2.93 bits per heavy atom. The van der Waals surface area contributed by atoms with Crippen LogP contribution in [0.15, 0.2) is 12.5 Å². The minimum Gasteiger partial charge on any atom is -0.393 e. The lowest BCUT2D eigenvalue weighted by molar-refractivity contribution is 0.0374. The fraction of sp³-hybridized carbons (Fsp3) is 0.556. The Labute approximate surface area is 87.2 Å². The zero-order valence-electron chi connectivity index (χ0n) is 9.01. The van der Waals surface area contributed by atoms with Gasteiger partial charge in [-0.05, 0) is 10.6 Å². The van der Waals surface area contributed by atoms with Crippen LogP contribution in [-0.4, -0.2) is 31.7 Å². The number of nitrogens with zero attached hydrogens (tertiary/aromatic N) is 5. The van der Waals surface area contributed by atoms with Gasteiger partial charge in [0.2, 0.25) is 5.65 Å². The van der Waals surface area contributed by atoms with Gasteiger partial charge in [0.15, 0.2) is 5.52 Å². The molecule has 2 aromatic rings. The summed E-state index contributed by atoms with van der Waals surface area (Å²) in [5.74, 6) is 0. The van der Waals surface area contributed by atoms with E-state index in [-0.39, 0.29) is 5.41 Å². The number of hydrogen-bond acceptors (Lipinski definition) is 5. The molecule has 6 heteroatoms. The van der Waals surface area contributed by atoms with Crippen molar-refractivity contribution in [3.05, 3.63) is 12.5 Å². The highest BCUT2D eigenvalue weighted by atomic mass is 16.7. The molecule has 2 heterocycles. The summed E-state index contributed by atoms with van der Waals surface area (Å²) in [5.41, 5.74) is 1.30. The molecule has 0 aromatic carbocycles. The van der Waals surface area contributed by atoms with Gasteiger partial charge in [0.25, 0.3) is 0 Å². The van der Waals surface area contributed by atoms with Crippen molar-refractivity contribution in [3.63, 3.8) is 0 Å². The topological polar surface area (TPSA) is 65.7 Å². The van der Waals surface area contributed by atoms with Crippen LogP contribution in [0.25, 0.3) is 11.2 Å². The van der Waals surface area contributed by atoms with E-state index in [1.54, 1.807) is 6.20 Å². The molecule has 2 rings (SSSR count). The molecule has 0 aliphatic carbocycles. The summed E-state index contributed by atoms with van der Waals surface area (Å²) in [7, 11) is 0. The van der Waals surface area contributed by atoms with Gasteiger partial charge in [-0.25, -0.2) is 9.97 Å². The Hall–Kier alpha value is -1.72. The fourth-order valence-electron chi connectivity index (χ4n) is 1.01. The Balaban J connectivity index is 2.22. The fourth-order valence-corrected chi connectivity index (χ4v) is 1.01. The largest absolute Gasteiger partial charge is 0.393 e. The number of aromatic nitrogens is 5. The van der Waals surface area contributed by atoms with Gasteiger partial charge in [0.05, 0.1) is 6.20 Å². The van der Waals surface area contributed by atoms with Crippen LogP contribution >= 0.6 is 0 Å². The molecule has 0 saturated heterocycles. The zero-order valence-corrected chi connectivity index (χ0v) is 9.01. The Kier molecular flexibility index (Phi) is 2.26. The first-order valence-electron chi connectivity index (χ1n) is 4.71. The zero-order chi connectivity index (χ0) is 10.9. The van der Waals surface area contributed by atoms with Gasteiger partial charge in [-0.15, -0.1) is 5.10 Å². The summed E-state index contributed by atoms with van der Waals surface area (Å²) >= 11 is 0. The standard InChI is InChI=1S/C9H13N5O/c1-9(2,3)5-15-14-8-7(12-13-14)4-10-6-11-8/h4,6H,5H2,1-3H3. The van der Waals surface area contributed by atoms with E-state index in [0.29, 0.717) is 17.8 Å². The maximum atomic E-state index is 5.48. The van der Waals surface area contributed by atoms with Crippen LogP contribution in [-0.2, 0) is 0 Å². The van der Waals surface area contributed by atoms with Crippen LogP contribution in [0, 0.1) is 5.41 Å². The molecule has 0 bridgehead atoms. The molecule has 0 N–H and O–H groups in total. The van der Waals surface area contributed by atoms with Crippen LogP contribution in [0.3, 0.4) is 0 Å². The maximum absolute atomic E-state index is 5.48. The monoisotopic (exact) mass is 207 g/mol. The number of fused-ring (bicyclic) bond motifs is 1. The van der Waals surface area contributed by atoms with E-state index in [0.717, 1.165) is 0 Å². The van der Waals surface area contributed by atoms with E-state index in [9.17, 15) is 0 Å². The molecule has 80 valence electrons. The van der Waals surface area contributed by atoms with Crippen molar-refractivity contribution in [1.29, 1.82) is 0 Å². The highest BCUT2D eigenvalue weighted by Gasteiger charge is 2.13. The van der Waals surface area contributed by atoms with Crippen LogP contribution in [0.2, 0.25) is 0 Å². The van der Waals surface area contributed by atoms with Gasteiger partial charge in [-0.1, -0.05) is 25.6 Å². The molecule has 0 unspecified atom stereocenters. The highest BCUT2D eigenvalue weighted by Crippen LogP contribution is 2.12. The Morgan fingerprint density at radius 1 is 1.40 bits per heavy atom. The quantitative estimate of drug-likeness (QED) is 0.725. The predicted molar refractivity (Wildman–Crippen MR) is 54.0 cm³/mol. The summed E-state index contributed by atoms with van der Waals surface area (Å²) in [4.78, 5) is 14.7. The first kappa shape index (κ1) is 9.82. The third-order valence-corrected chi connectivity index (χ3v) is 1.71. The molecule has 0 saturated carbocycles. The smallest absolute Gasteiger partial charge is 0.222 e. The molecule has 0 spiro atoms. The van der Waals surface area contributed by atoms with Gasteiger partial charge in [-0.2, -0.15) is 0 Å². The molecular formula is C9H13N5O. The number of rotatable bonds is 2. The van der Waals surface area contributed by atoms with Gasteiger partial charge < -0.3 is 4.84 Å². The van der Waals surface area contributed by atoms with Crippen molar-refractivity contribution in [2.24, 2.45) is 5.41 Å². The minimum absolute atomic E-state index is 0.0747. The first-order valence-corrected chi connectivity index (χ1v) is 4.71. The summed E-state index contributed by atoms with van der Waals surface area (Å²) < 4.78 is 0. The Bertz CT molecular complexity index is 459.